The molecule has 0 radical (unpaired) electrons. The Hall–Kier alpha value is -3.27. The van der Waals surface area contributed by atoms with Crippen molar-refractivity contribution in [3.8, 4) is 0 Å². The number of ether oxygens (including phenoxy) is 2. The molecular formula is C19H20N2O7S. The van der Waals surface area contributed by atoms with Crippen LogP contribution in [0.5, 0.6) is 0 Å². The molecule has 1 amide bonds. The van der Waals surface area contributed by atoms with Crippen LogP contribution in [0.1, 0.15) is 55.4 Å². The van der Waals surface area contributed by atoms with E-state index in [4.69, 9.17) is 9.47 Å². The summed E-state index contributed by atoms with van der Waals surface area (Å²) >= 11 is 0.887. The first-order valence-corrected chi connectivity index (χ1v) is 9.57. The van der Waals surface area contributed by atoms with Crippen molar-refractivity contribution in [1.29, 1.82) is 0 Å². The van der Waals surface area contributed by atoms with Gasteiger partial charge in [-0.15, -0.1) is 11.3 Å². The van der Waals surface area contributed by atoms with Crippen molar-refractivity contribution >= 4 is 39.9 Å². The van der Waals surface area contributed by atoms with E-state index in [9.17, 15) is 24.5 Å². The molecule has 154 valence electrons. The number of hydrogen-bond acceptors (Lipinski definition) is 8. The minimum absolute atomic E-state index is 0.0522. The molecule has 0 saturated heterocycles. The maximum atomic E-state index is 12.8. The van der Waals surface area contributed by atoms with Gasteiger partial charge in [0.2, 0.25) is 0 Å². The zero-order chi connectivity index (χ0) is 21.7. The van der Waals surface area contributed by atoms with Gasteiger partial charge in [0.05, 0.1) is 23.7 Å². The molecule has 1 heterocycles. The molecule has 0 aliphatic carbocycles. The summed E-state index contributed by atoms with van der Waals surface area (Å²) in [5, 5.41) is 13.8. The molecule has 0 atom stereocenters. The number of nitro benzene ring substituents is 1. The van der Waals surface area contributed by atoms with Crippen LogP contribution in [0.2, 0.25) is 0 Å². The third-order valence-electron chi connectivity index (χ3n) is 4.06. The van der Waals surface area contributed by atoms with Gasteiger partial charge in [-0.25, -0.2) is 9.59 Å². The van der Waals surface area contributed by atoms with E-state index >= 15 is 0 Å². The largest absolute Gasteiger partial charge is 0.462 e. The summed E-state index contributed by atoms with van der Waals surface area (Å²) in [5.74, 6) is -1.95. The number of carbonyl (C=O) groups excluding carboxylic acids is 3. The maximum Gasteiger partial charge on any atom is 0.348 e. The molecule has 9 nitrogen and oxygen atoms in total. The Balaban J connectivity index is 2.48. The van der Waals surface area contributed by atoms with Gasteiger partial charge in [0.25, 0.3) is 11.6 Å². The number of thiophene rings is 1. The minimum Gasteiger partial charge on any atom is -0.462 e. The van der Waals surface area contributed by atoms with Crippen LogP contribution >= 0.6 is 11.3 Å². The van der Waals surface area contributed by atoms with Crippen LogP contribution in [0.3, 0.4) is 0 Å². The predicted molar refractivity (Wildman–Crippen MR) is 107 cm³/mol. The number of hydrogen-bond donors (Lipinski definition) is 1. The van der Waals surface area contributed by atoms with Crippen LogP contribution in [-0.4, -0.2) is 36.0 Å². The highest BCUT2D eigenvalue weighted by atomic mass is 32.1. The number of carbonyl (C=O) groups is 3. The second-order valence-corrected chi connectivity index (χ2v) is 6.88. The third-order valence-corrected chi connectivity index (χ3v) is 5.25. The van der Waals surface area contributed by atoms with Crippen molar-refractivity contribution in [3.05, 3.63) is 55.4 Å². The van der Waals surface area contributed by atoms with E-state index in [1.807, 2.05) is 0 Å². The molecule has 0 aliphatic rings. The van der Waals surface area contributed by atoms with Gasteiger partial charge in [0.15, 0.2) is 0 Å². The number of nitrogens with one attached hydrogen (secondary N) is 1. The lowest BCUT2D eigenvalue weighted by atomic mass is 10.1. The highest BCUT2D eigenvalue weighted by molar-refractivity contribution is 7.18. The lowest BCUT2D eigenvalue weighted by Gasteiger charge is -2.09. The van der Waals surface area contributed by atoms with Crippen molar-refractivity contribution in [2.24, 2.45) is 0 Å². The van der Waals surface area contributed by atoms with E-state index in [1.54, 1.807) is 20.8 Å². The molecule has 29 heavy (non-hydrogen) atoms. The van der Waals surface area contributed by atoms with Gasteiger partial charge in [0.1, 0.15) is 9.88 Å². The molecule has 0 unspecified atom stereocenters. The molecule has 1 aromatic heterocycles. The molecule has 0 bridgehead atoms. The molecule has 1 N–H and O–H groups in total. The molecular weight excluding hydrogens is 400 g/mol. The first-order chi connectivity index (χ1) is 13.7. The van der Waals surface area contributed by atoms with Gasteiger partial charge >= 0.3 is 11.9 Å². The summed E-state index contributed by atoms with van der Waals surface area (Å²) < 4.78 is 10.0. The summed E-state index contributed by atoms with van der Waals surface area (Å²) in [4.78, 5) is 48.1. The molecule has 2 rings (SSSR count). The number of nitrogens with zero attached hydrogens (tertiary/aromatic N) is 1. The van der Waals surface area contributed by atoms with E-state index in [0.29, 0.717) is 5.56 Å². The SMILES string of the molecule is CCOC(=O)c1sc(NC(=O)c2cccc([N+](=O)[O-])c2C)c(C(=O)OCC)c1C. The van der Waals surface area contributed by atoms with Gasteiger partial charge < -0.3 is 14.8 Å². The third kappa shape index (κ3) is 4.60. The summed E-state index contributed by atoms with van der Waals surface area (Å²) in [6.45, 7) is 6.57. The average Bonchev–Trinajstić information content (AvgIpc) is 2.98. The van der Waals surface area contributed by atoms with Crippen LogP contribution in [0.15, 0.2) is 18.2 Å². The molecule has 0 saturated carbocycles. The fourth-order valence-corrected chi connectivity index (χ4v) is 3.76. The van der Waals surface area contributed by atoms with Crippen LogP contribution in [0.4, 0.5) is 10.7 Å². The lowest BCUT2D eigenvalue weighted by Crippen LogP contribution is -2.16. The number of esters is 2. The maximum absolute atomic E-state index is 12.8. The fraction of sp³-hybridized carbons (Fsp3) is 0.316. The van der Waals surface area contributed by atoms with Gasteiger partial charge in [-0.1, -0.05) is 6.07 Å². The lowest BCUT2D eigenvalue weighted by molar-refractivity contribution is -0.385. The van der Waals surface area contributed by atoms with Crippen LogP contribution in [0.25, 0.3) is 0 Å². The van der Waals surface area contributed by atoms with Gasteiger partial charge in [-0.05, 0) is 39.3 Å². The Labute approximate surface area is 170 Å². The van der Waals surface area contributed by atoms with E-state index in [2.05, 4.69) is 5.32 Å². The zero-order valence-corrected chi connectivity index (χ0v) is 17.2. The van der Waals surface area contributed by atoms with E-state index in [0.717, 1.165) is 11.3 Å². The quantitative estimate of drug-likeness (QED) is 0.409. The summed E-state index contributed by atoms with van der Waals surface area (Å²) in [5.41, 5.74) is 0.455. The van der Waals surface area contributed by atoms with Crippen LogP contribution in [0, 0.1) is 24.0 Å². The Kier molecular flexibility index (Phi) is 7.05. The first-order valence-electron chi connectivity index (χ1n) is 8.75. The number of anilines is 1. The highest BCUT2D eigenvalue weighted by Crippen LogP contribution is 2.35. The summed E-state index contributed by atoms with van der Waals surface area (Å²) in [6.07, 6.45) is 0. The van der Waals surface area contributed by atoms with Crippen molar-refractivity contribution in [2.45, 2.75) is 27.7 Å². The van der Waals surface area contributed by atoms with Gasteiger partial charge in [-0.3, -0.25) is 14.9 Å². The van der Waals surface area contributed by atoms with Crippen LogP contribution in [-0.2, 0) is 9.47 Å². The second-order valence-electron chi connectivity index (χ2n) is 5.86. The standard InChI is InChI=1S/C19H20N2O7S/c1-5-27-18(23)14-11(4)15(19(24)28-6-2)29-17(14)20-16(22)12-8-7-9-13(10(12)3)21(25)26/h7-9H,5-6H2,1-4H3,(H,20,22). The van der Waals surface area contributed by atoms with Crippen molar-refractivity contribution in [1.82, 2.24) is 0 Å². The van der Waals surface area contributed by atoms with E-state index < -0.39 is 22.8 Å². The average molecular weight is 420 g/mol. The molecule has 0 aliphatic heterocycles. The molecule has 1 aromatic carbocycles. The Bertz CT molecular complexity index is 981. The van der Waals surface area contributed by atoms with E-state index in [1.165, 1.54) is 25.1 Å². The normalized spacial score (nSPS) is 10.3. The molecule has 10 heteroatoms. The van der Waals surface area contributed by atoms with E-state index in [-0.39, 0.29) is 45.5 Å². The monoisotopic (exact) mass is 420 g/mol. The molecule has 2 aromatic rings. The first kappa shape index (κ1) is 22.0. The Morgan fingerprint density at radius 2 is 1.69 bits per heavy atom. The summed E-state index contributed by atoms with van der Waals surface area (Å²) in [6, 6.07) is 4.13. The molecule has 0 spiro atoms. The Morgan fingerprint density at radius 1 is 1.07 bits per heavy atom. The van der Waals surface area contributed by atoms with Crippen molar-refractivity contribution < 1.29 is 28.8 Å². The van der Waals surface area contributed by atoms with Crippen molar-refractivity contribution in [2.75, 3.05) is 18.5 Å². The number of rotatable bonds is 7. The summed E-state index contributed by atoms with van der Waals surface area (Å²) in [7, 11) is 0. The number of benzene rings is 1. The smallest absolute Gasteiger partial charge is 0.348 e. The highest BCUT2D eigenvalue weighted by Gasteiger charge is 2.28. The zero-order valence-electron chi connectivity index (χ0n) is 16.4. The second kappa shape index (κ2) is 9.28. The predicted octanol–water partition coefficient (Wildman–Crippen LogP) is 3.88. The molecule has 0 fully saturated rings. The minimum atomic E-state index is -0.692. The number of amides is 1. The van der Waals surface area contributed by atoms with Crippen molar-refractivity contribution in [3.63, 3.8) is 0 Å². The van der Waals surface area contributed by atoms with Gasteiger partial charge in [0, 0.05) is 17.2 Å². The fourth-order valence-electron chi connectivity index (χ4n) is 2.68. The Morgan fingerprint density at radius 3 is 2.28 bits per heavy atom. The van der Waals surface area contributed by atoms with Crippen LogP contribution < -0.4 is 5.32 Å². The number of nitro groups is 1. The topological polar surface area (TPSA) is 125 Å². The van der Waals surface area contributed by atoms with Gasteiger partial charge in [-0.2, -0.15) is 0 Å².